The molecule has 262 valence electrons. The third-order valence-electron chi connectivity index (χ3n) is 8.88. The average molecular weight is 687 g/mol. The van der Waals surface area contributed by atoms with Crippen LogP contribution >= 0.6 is 0 Å². The van der Waals surface area contributed by atoms with E-state index in [4.69, 9.17) is 28.4 Å². The van der Waals surface area contributed by atoms with Gasteiger partial charge in [0.05, 0.1) is 18.8 Å². The molecule has 2 aromatic carbocycles. The lowest BCUT2D eigenvalue weighted by Gasteiger charge is -2.43. The Hall–Kier alpha value is -4.68. The molecular weight excluding hydrogens is 652 g/mol. The molecule has 6 rings (SSSR count). The molecule has 1 saturated carbocycles. The van der Waals surface area contributed by atoms with Crippen molar-refractivity contribution in [3.8, 4) is 23.0 Å². The van der Waals surface area contributed by atoms with Gasteiger partial charge in [0.1, 0.15) is 48.8 Å². The number of epoxide rings is 1. The summed E-state index contributed by atoms with van der Waals surface area (Å²) in [5, 5.41) is 80.3. The predicted octanol–water partition coefficient (Wildman–Crippen LogP) is -0.239. The Balaban J connectivity index is 1.09. The van der Waals surface area contributed by atoms with Crippen LogP contribution in [0.5, 0.6) is 23.0 Å². The number of esters is 2. The second-order valence-electron chi connectivity index (χ2n) is 11.9. The number of phenolic OH excluding ortho intramolecular Hbond substituents is 4. The molecule has 0 radical (unpaired) electrons. The maximum Gasteiger partial charge on any atom is 0.331 e. The van der Waals surface area contributed by atoms with E-state index in [1.165, 1.54) is 54.8 Å². The first-order valence-corrected chi connectivity index (χ1v) is 15.2. The molecule has 0 bridgehead atoms. The average Bonchev–Trinajstić information content (AvgIpc) is 3.76. The largest absolute Gasteiger partial charge is 0.504 e. The van der Waals surface area contributed by atoms with E-state index in [-0.39, 0.29) is 23.0 Å². The number of carbonyl (C=O) groups excluding carboxylic acids is 2. The van der Waals surface area contributed by atoms with Crippen LogP contribution < -0.4 is 0 Å². The number of rotatable bonds is 10. The number of phenols is 4. The van der Waals surface area contributed by atoms with E-state index in [0.717, 1.165) is 12.2 Å². The van der Waals surface area contributed by atoms with Crippen LogP contribution in [-0.2, 0) is 38.0 Å². The van der Waals surface area contributed by atoms with E-state index in [2.05, 4.69) is 0 Å². The van der Waals surface area contributed by atoms with Crippen LogP contribution in [0, 0.1) is 11.8 Å². The number of aliphatic hydroxyl groups is 4. The molecule has 8 N–H and O–H groups in total. The lowest BCUT2D eigenvalue weighted by Crippen LogP contribution is -2.60. The highest BCUT2D eigenvalue weighted by Crippen LogP contribution is 2.60. The van der Waals surface area contributed by atoms with Crippen LogP contribution in [0.15, 0.2) is 60.9 Å². The lowest BCUT2D eigenvalue weighted by molar-refractivity contribution is -0.344. The van der Waals surface area contributed by atoms with Crippen molar-refractivity contribution >= 4 is 24.1 Å². The van der Waals surface area contributed by atoms with Crippen molar-refractivity contribution in [2.75, 3.05) is 13.2 Å². The van der Waals surface area contributed by atoms with Gasteiger partial charge in [0.2, 0.25) is 6.29 Å². The molecule has 2 unspecified atom stereocenters. The van der Waals surface area contributed by atoms with Gasteiger partial charge in [-0.3, -0.25) is 0 Å². The molecule has 3 heterocycles. The summed E-state index contributed by atoms with van der Waals surface area (Å²) in [6, 6.07) is 7.88. The molecule has 4 aliphatic rings. The van der Waals surface area contributed by atoms with Crippen LogP contribution in [0.2, 0.25) is 0 Å². The maximum absolute atomic E-state index is 12.8. The SMILES string of the molecule is O=C(/C=C/c1ccc(O)c(O)c1)OC[C@H]1O[C@@H](O[C@@H]2OC=CC3C2[C@@]2(CO)O[C@H]2[C@H]3OC(=O)/C=C/c2ccc(O)c(O)c2)[C@H](O)[C@@H](O)[C@@H]1O. The molecule has 0 amide bonds. The highest BCUT2D eigenvalue weighted by atomic mass is 16.8. The van der Waals surface area contributed by atoms with Crippen LogP contribution in [0.4, 0.5) is 0 Å². The van der Waals surface area contributed by atoms with Gasteiger partial charge in [-0.05, 0) is 53.6 Å². The minimum absolute atomic E-state index is 0.319. The lowest BCUT2D eigenvalue weighted by atomic mass is 9.85. The number of ether oxygens (including phenoxy) is 6. The van der Waals surface area contributed by atoms with E-state index in [1.807, 2.05) is 0 Å². The van der Waals surface area contributed by atoms with Crippen LogP contribution in [0.25, 0.3) is 12.2 Å². The van der Waals surface area contributed by atoms with E-state index in [9.17, 15) is 50.4 Å². The van der Waals surface area contributed by atoms with Gasteiger partial charge in [-0.1, -0.05) is 12.1 Å². The maximum atomic E-state index is 12.8. The van der Waals surface area contributed by atoms with Crippen molar-refractivity contribution in [3.63, 3.8) is 0 Å². The topological polar surface area (TPSA) is 255 Å². The van der Waals surface area contributed by atoms with Gasteiger partial charge in [0, 0.05) is 18.1 Å². The summed E-state index contributed by atoms with van der Waals surface area (Å²) < 4.78 is 34.0. The van der Waals surface area contributed by atoms with E-state index >= 15 is 0 Å². The summed E-state index contributed by atoms with van der Waals surface area (Å²) in [6.45, 7) is -1.06. The minimum Gasteiger partial charge on any atom is -0.504 e. The van der Waals surface area contributed by atoms with E-state index in [1.54, 1.807) is 6.08 Å². The summed E-state index contributed by atoms with van der Waals surface area (Å²) in [4.78, 5) is 25.1. The Bertz CT molecular complexity index is 1650. The van der Waals surface area contributed by atoms with Gasteiger partial charge >= 0.3 is 11.9 Å². The monoisotopic (exact) mass is 686 g/mol. The minimum atomic E-state index is -1.79. The molecule has 1 aliphatic carbocycles. The molecule has 2 saturated heterocycles. The number of aromatic hydroxyl groups is 4. The van der Waals surface area contributed by atoms with E-state index in [0.29, 0.717) is 11.1 Å². The normalized spacial score (nSPS) is 34.7. The zero-order valence-corrected chi connectivity index (χ0v) is 25.5. The molecule has 16 heteroatoms. The number of fused-ring (bicyclic) bond motifs is 3. The fraction of sp³-hybridized carbons (Fsp3) is 0.394. The highest BCUT2D eigenvalue weighted by Gasteiger charge is 2.77. The zero-order chi connectivity index (χ0) is 35.0. The summed E-state index contributed by atoms with van der Waals surface area (Å²) in [5.41, 5.74) is -0.446. The number of aliphatic hydroxyl groups excluding tert-OH is 4. The first kappa shape index (κ1) is 34.2. The Morgan fingerprint density at radius 3 is 2.06 bits per heavy atom. The van der Waals surface area contributed by atoms with Crippen molar-refractivity contribution in [1.29, 1.82) is 0 Å². The van der Waals surface area contributed by atoms with Gasteiger partial charge in [-0.25, -0.2) is 9.59 Å². The molecule has 3 aliphatic heterocycles. The van der Waals surface area contributed by atoms with Gasteiger partial charge in [-0.2, -0.15) is 0 Å². The van der Waals surface area contributed by atoms with E-state index < -0.39 is 91.8 Å². The molecule has 0 aromatic heterocycles. The van der Waals surface area contributed by atoms with Crippen molar-refractivity contribution in [2.45, 2.75) is 54.8 Å². The number of hydrogen-bond acceptors (Lipinski definition) is 16. The van der Waals surface area contributed by atoms with Crippen LogP contribution in [-0.4, -0.2) is 121 Å². The molecule has 3 fully saturated rings. The number of hydrogen-bond donors (Lipinski definition) is 8. The molecule has 16 nitrogen and oxygen atoms in total. The number of benzene rings is 2. The smallest absolute Gasteiger partial charge is 0.331 e. The highest BCUT2D eigenvalue weighted by molar-refractivity contribution is 5.88. The zero-order valence-electron chi connectivity index (χ0n) is 25.5. The van der Waals surface area contributed by atoms with Crippen molar-refractivity contribution in [2.24, 2.45) is 11.8 Å². The predicted molar refractivity (Wildman–Crippen MR) is 162 cm³/mol. The summed E-state index contributed by atoms with van der Waals surface area (Å²) in [6.07, 6.45) is -3.38. The third-order valence-corrected chi connectivity index (χ3v) is 8.88. The summed E-state index contributed by atoms with van der Waals surface area (Å²) >= 11 is 0. The molecule has 0 spiro atoms. The van der Waals surface area contributed by atoms with Crippen LogP contribution in [0.3, 0.4) is 0 Å². The first-order chi connectivity index (χ1) is 23.4. The summed E-state index contributed by atoms with van der Waals surface area (Å²) in [7, 11) is 0. The van der Waals surface area contributed by atoms with Gasteiger partial charge in [0.15, 0.2) is 29.3 Å². The Kier molecular flexibility index (Phi) is 9.54. The second kappa shape index (κ2) is 13.7. The molecular formula is C33H34O16. The van der Waals surface area contributed by atoms with Crippen molar-refractivity contribution in [1.82, 2.24) is 0 Å². The van der Waals surface area contributed by atoms with Gasteiger partial charge in [-0.15, -0.1) is 0 Å². The standard InChI is InChI=1S/C33H34O16/c34-14-33-25-17(29(30(33)49-33)47-24(40)8-4-16-2-6-19(36)21(38)12-16)9-10-44-31(25)48-32-28(43)27(42)26(41)22(46-32)13-45-23(39)7-3-15-1-5-18(35)20(37)11-15/h1-12,17,22,25-32,34-38,41-43H,13-14H2/b7-3+,8-4+/t17?,22-,25?,26-,27+,28-,29+,30+,31+,32+,33-/m1/s1. The van der Waals surface area contributed by atoms with Crippen molar-refractivity contribution in [3.05, 3.63) is 72.0 Å². The van der Waals surface area contributed by atoms with Crippen molar-refractivity contribution < 1.29 is 78.9 Å². The van der Waals surface area contributed by atoms with Gasteiger partial charge < -0.3 is 69.3 Å². The quantitative estimate of drug-likeness (QED) is 0.0695. The first-order valence-electron chi connectivity index (χ1n) is 15.2. The molecule has 49 heavy (non-hydrogen) atoms. The Morgan fingerprint density at radius 2 is 1.45 bits per heavy atom. The third kappa shape index (κ3) is 6.80. The molecule has 2 aromatic rings. The molecule has 11 atom stereocenters. The Morgan fingerprint density at radius 1 is 0.816 bits per heavy atom. The second-order valence-corrected chi connectivity index (χ2v) is 11.9. The fourth-order valence-electron chi connectivity index (χ4n) is 6.28. The number of carbonyl (C=O) groups is 2. The van der Waals surface area contributed by atoms with Gasteiger partial charge in [0.25, 0.3) is 0 Å². The van der Waals surface area contributed by atoms with Crippen LogP contribution in [0.1, 0.15) is 11.1 Å². The Labute approximate surface area is 277 Å². The fourth-order valence-corrected chi connectivity index (χ4v) is 6.28. The summed E-state index contributed by atoms with van der Waals surface area (Å²) in [5.74, 6) is -4.41.